The third-order valence-electron chi connectivity index (χ3n) is 3.26. The molecule has 18 heavy (non-hydrogen) atoms. The number of carbonyl (C=O) groups excluding carboxylic acids is 1. The van der Waals surface area contributed by atoms with Gasteiger partial charge in [-0.1, -0.05) is 59.3 Å². The predicted octanol–water partition coefficient (Wildman–Crippen LogP) is 4.96. The average molecular weight is 256 g/mol. The van der Waals surface area contributed by atoms with Crippen molar-refractivity contribution in [1.29, 1.82) is 0 Å². The van der Waals surface area contributed by atoms with Crippen LogP contribution in [0.4, 0.5) is 0 Å². The molecule has 0 atom stereocenters. The highest BCUT2D eigenvalue weighted by Gasteiger charge is 2.28. The molecule has 0 aliphatic rings. The molecule has 0 aromatic rings. The fraction of sp³-hybridized carbons (Fsp3) is 0.938. The van der Waals surface area contributed by atoms with E-state index >= 15 is 0 Å². The Morgan fingerprint density at radius 1 is 1.06 bits per heavy atom. The number of hydrogen-bond donors (Lipinski definition) is 0. The van der Waals surface area contributed by atoms with E-state index in [0.29, 0.717) is 12.5 Å². The summed E-state index contributed by atoms with van der Waals surface area (Å²) < 4.78 is 5.32. The summed E-state index contributed by atoms with van der Waals surface area (Å²) in [5.74, 6) is 0.378. The molecule has 0 saturated carbocycles. The van der Waals surface area contributed by atoms with Crippen molar-refractivity contribution in [2.75, 3.05) is 6.61 Å². The molecule has 0 aliphatic heterocycles. The minimum atomic E-state index is -0.320. The topological polar surface area (TPSA) is 26.3 Å². The van der Waals surface area contributed by atoms with Gasteiger partial charge < -0.3 is 4.74 Å². The smallest absolute Gasteiger partial charge is 0.311 e. The van der Waals surface area contributed by atoms with Crippen molar-refractivity contribution in [1.82, 2.24) is 0 Å². The maximum Gasteiger partial charge on any atom is 0.311 e. The highest BCUT2D eigenvalue weighted by atomic mass is 16.5. The van der Waals surface area contributed by atoms with Gasteiger partial charge in [0.05, 0.1) is 12.0 Å². The zero-order chi connectivity index (χ0) is 14.0. The first-order chi connectivity index (χ1) is 8.40. The van der Waals surface area contributed by atoms with E-state index in [1.807, 2.05) is 13.8 Å². The molecular weight excluding hydrogens is 224 g/mol. The van der Waals surface area contributed by atoms with Gasteiger partial charge in [-0.3, -0.25) is 4.79 Å². The van der Waals surface area contributed by atoms with Crippen LogP contribution in [0.1, 0.15) is 79.6 Å². The quantitative estimate of drug-likeness (QED) is 0.408. The Hall–Kier alpha value is -0.530. The monoisotopic (exact) mass is 256 g/mol. The summed E-state index contributed by atoms with van der Waals surface area (Å²) in [7, 11) is 0. The van der Waals surface area contributed by atoms with Crippen LogP contribution in [0.5, 0.6) is 0 Å². The first kappa shape index (κ1) is 17.5. The molecular formula is C16H32O2. The molecule has 0 aliphatic carbocycles. The Balaban J connectivity index is 3.74. The maximum absolute atomic E-state index is 11.9. The van der Waals surface area contributed by atoms with Gasteiger partial charge in [0.15, 0.2) is 0 Å². The highest BCUT2D eigenvalue weighted by molar-refractivity contribution is 5.75. The van der Waals surface area contributed by atoms with Crippen LogP contribution in [-0.4, -0.2) is 12.6 Å². The largest absolute Gasteiger partial charge is 0.465 e. The van der Waals surface area contributed by atoms with E-state index in [0.717, 1.165) is 12.8 Å². The van der Waals surface area contributed by atoms with Gasteiger partial charge in [-0.25, -0.2) is 0 Å². The third-order valence-corrected chi connectivity index (χ3v) is 3.26. The van der Waals surface area contributed by atoms with E-state index in [-0.39, 0.29) is 11.4 Å². The Morgan fingerprint density at radius 2 is 1.61 bits per heavy atom. The van der Waals surface area contributed by atoms with Crippen molar-refractivity contribution in [3.63, 3.8) is 0 Å². The number of ether oxygens (including phenoxy) is 1. The van der Waals surface area contributed by atoms with Gasteiger partial charge in [-0.15, -0.1) is 0 Å². The maximum atomic E-state index is 11.9. The van der Waals surface area contributed by atoms with Crippen LogP contribution >= 0.6 is 0 Å². The molecule has 0 N–H and O–H groups in total. The lowest BCUT2D eigenvalue weighted by Gasteiger charge is -2.23. The molecule has 0 amide bonds. The van der Waals surface area contributed by atoms with E-state index in [2.05, 4.69) is 20.8 Å². The molecule has 0 bridgehead atoms. The average Bonchev–Trinajstić information content (AvgIpc) is 2.30. The summed E-state index contributed by atoms with van der Waals surface area (Å²) in [5, 5.41) is 0. The summed E-state index contributed by atoms with van der Waals surface area (Å²) in [5.41, 5.74) is -0.320. The molecule has 0 heterocycles. The molecule has 2 heteroatoms. The van der Waals surface area contributed by atoms with Gasteiger partial charge >= 0.3 is 5.97 Å². The van der Waals surface area contributed by atoms with Crippen LogP contribution in [0, 0.1) is 11.3 Å². The van der Waals surface area contributed by atoms with Gasteiger partial charge in [-0.2, -0.15) is 0 Å². The first-order valence-corrected chi connectivity index (χ1v) is 7.57. The number of unbranched alkanes of at least 4 members (excludes halogenated alkanes) is 5. The normalized spacial score (nSPS) is 11.9. The second kappa shape index (κ2) is 9.41. The molecule has 0 fully saturated rings. The standard InChI is InChI=1S/C16H32O2/c1-6-7-8-9-10-11-12-16(4,5)15(17)18-13-14(2)3/h14H,6-13H2,1-5H3. The number of carbonyl (C=O) groups is 1. The Morgan fingerprint density at radius 3 is 2.17 bits per heavy atom. The molecule has 0 rings (SSSR count). The van der Waals surface area contributed by atoms with E-state index in [9.17, 15) is 4.79 Å². The van der Waals surface area contributed by atoms with Crippen molar-refractivity contribution >= 4 is 5.97 Å². The minimum Gasteiger partial charge on any atom is -0.465 e. The van der Waals surface area contributed by atoms with Gasteiger partial charge in [0.25, 0.3) is 0 Å². The fourth-order valence-electron chi connectivity index (χ4n) is 1.89. The summed E-state index contributed by atoms with van der Waals surface area (Å²) in [4.78, 5) is 11.9. The summed E-state index contributed by atoms with van der Waals surface area (Å²) in [6, 6.07) is 0. The van der Waals surface area contributed by atoms with Crippen molar-refractivity contribution in [2.45, 2.75) is 79.6 Å². The van der Waals surface area contributed by atoms with Crippen LogP contribution in [0.15, 0.2) is 0 Å². The molecule has 2 nitrogen and oxygen atoms in total. The number of esters is 1. The van der Waals surface area contributed by atoms with Gasteiger partial charge in [0.1, 0.15) is 0 Å². The first-order valence-electron chi connectivity index (χ1n) is 7.57. The van der Waals surface area contributed by atoms with Crippen LogP contribution < -0.4 is 0 Å². The predicted molar refractivity (Wildman–Crippen MR) is 77.6 cm³/mol. The van der Waals surface area contributed by atoms with Gasteiger partial charge in [-0.05, 0) is 26.2 Å². The van der Waals surface area contributed by atoms with Crippen LogP contribution in [0.3, 0.4) is 0 Å². The molecule has 0 spiro atoms. The van der Waals surface area contributed by atoms with Crippen molar-refractivity contribution in [3.8, 4) is 0 Å². The summed E-state index contributed by atoms with van der Waals surface area (Å²) in [6.45, 7) is 10.9. The second-order valence-corrected chi connectivity index (χ2v) is 6.39. The van der Waals surface area contributed by atoms with E-state index in [1.54, 1.807) is 0 Å². The Labute approximate surface area is 113 Å². The molecule has 0 radical (unpaired) electrons. The molecule has 0 saturated heterocycles. The SMILES string of the molecule is CCCCCCCCC(C)(C)C(=O)OCC(C)C. The van der Waals surface area contributed by atoms with Crippen molar-refractivity contribution in [2.24, 2.45) is 11.3 Å². The Bertz CT molecular complexity index is 219. The third kappa shape index (κ3) is 8.54. The number of hydrogen-bond acceptors (Lipinski definition) is 2. The van der Waals surface area contributed by atoms with Crippen molar-refractivity contribution < 1.29 is 9.53 Å². The zero-order valence-corrected chi connectivity index (χ0v) is 13.1. The van der Waals surface area contributed by atoms with E-state index in [4.69, 9.17) is 4.74 Å². The Kier molecular flexibility index (Phi) is 9.13. The van der Waals surface area contributed by atoms with E-state index in [1.165, 1.54) is 32.1 Å². The van der Waals surface area contributed by atoms with Crippen molar-refractivity contribution in [3.05, 3.63) is 0 Å². The molecule has 0 aromatic heterocycles. The van der Waals surface area contributed by atoms with E-state index < -0.39 is 0 Å². The minimum absolute atomic E-state index is 0.0373. The lowest BCUT2D eigenvalue weighted by atomic mass is 9.87. The summed E-state index contributed by atoms with van der Waals surface area (Å²) >= 11 is 0. The van der Waals surface area contributed by atoms with Crippen LogP contribution in [-0.2, 0) is 9.53 Å². The van der Waals surface area contributed by atoms with Crippen LogP contribution in [0.25, 0.3) is 0 Å². The second-order valence-electron chi connectivity index (χ2n) is 6.39. The highest BCUT2D eigenvalue weighted by Crippen LogP contribution is 2.26. The fourth-order valence-corrected chi connectivity index (χ4v) is 1.89. The summed E-state index contributed by atoms with van der Waals surface area (Å²) in [6.07, 6.45) is 8.55. The number of rotatable bonds is 10. The lowest BCUT2D eigenvalue weighted by molar-refractivity contribution is -0.155. The molecule has 108 valence electrons. The van der Waals surface area contributed by atoms with Crippen LogP contribution in [0.2, 0.25) is 0 Å². The van der Waals surface area contributed by atoms with Gasteiger partial charge in [0, 0.05) is 0 Å². The lowest BCUT2D eigenvalue weighted by Crippen LogP contribution is -2.27. The molecule has 0 unspecified atom stereocenters. The molecule has 0 aromatic carbocycles. The zero-order valence-electron chi connectivity index (χ0n) is 13.1. The van der Waals surface area contributed by atoms with Gasteiger partial charge in [0.2, 0.25) is 0 Å².